The molecule has 1 unspecified atom stereocenters. The smallest absolute Gasteiger partial charge is 0.124 e. The number of nitrogens with one attached hydrogen (secondary N) is 1. The zero-order chi connectivity index (χ0) is 9.68. The Morgan fingerprint density at radius 3 is 3.08 bits per heavy atom. The average molecular weight is 183 g/mol. The number of hydrogen-bond donors (Lipinski definition) is 2. The Hall–Kier alpha value is -1.03. The van der Waals surface area contributed by atoms with Crippen LogP contribution in [0.15, 0.2) is 12.3 Å². The lowest BCUT2D eigenvalue weighted by atomic mass is 10.4. The maximum Gasteiger partial charge on any atom is 0.124 e. The highest BCUT2D eigenvalue weighted by molar-refractivity contribution is 5.33. The van der Waals surface area contributed by atoms with Gasteiger partial charge in [-0.25, -0.2) is 4.68 Å². The minimum absolute atomic E-state index is 0.359. The van der Waals surface area contributed by atoms with E-state index in [-0.39, 0.29) is 6.10 Å². The number of hydrogen-bond acceptors (Lipinski definition) is 3. The van der Waals surface area contributed by atoms with Gasteiger partial charge in [0.25, 0.3) is 0 Å². The lowest BCUT2D eigenvalue weighted by molar-refractivity contribution is 0.169. The summed E-state index contributed by atoms with van der Waals surface area (Å²) in [5.41, 5.74) is 0. The molecular weight excluding hydrogens is 166 g/mol. The summed E-state index contributed by atoms with van der Waals surface area (Å²) in [6, 6.07) is 1.91. The molecule has 0 aliphatic rings. The van der Waals surface area contributed by atoms with Gasteiger partial charge in [0.1, 0.15) is 5.82 Å². The lowest BCUT2D eigenvalue weighted by Crippen LogP contribution is -2.16. The number of anilines is 1. The van der Waals surface area contributed by atoms with Gasteiger partial charge in [-0.15, -0.1) is 0 Å². The van der Waals surface area contributed by atoms with Crippen LogP contribution in [0.25, 0.3) is 0 Å². The molecule has 1 aromatic rings. The van der Waals surface area contributed by atoms with E-state index in [2.05, 4.69) is 17.3 Å². The Morgan fingerprint density at radius 1 is 1.69 bits per heavy atom. The first-order chi connectivity index (χ1) is 6.24. The van der Waals surface area contributed by atoms with Crippen LogP contribution in [-0.2, 0) is 6.54 Å². The van der Waals surface area contributed by atoms with Gasteiger partial charge < -0.3 is 10.4 Å². The van der Waals surface area contributed by atoms with Gasteiger partial charge in [-0.3, -0.25) is 0 Å². The Bertz CT molecular complexity index is 245. The molecule has 1 atom stereocenters. The van der Waals surface area contributed by atoms with Gasteiger partial charge in [-0.1, -0.05) is 6.92 Å². The van der Waals surface area contributed by atoms with E-state index in [0.29, 0.717) is 6.54 Å². The van der Waals surface area contributed by atoms with E-state index < -0.39 is 0 Å². The fourth-order valence-electron chi connectivity index (χ4n) is 1.13. The molecule has 0 saturated carbocycles. The summed E-state index contributed by atoms with van der Waals surface area (Å²) >= 11 is 0. The molecule has 0 radical (unpaired) electrons. The van der Waals surface area contributed by atoms with Crippen LogP contribution in [0.5, 0.6) is 0 Å². The van der Waals surface area contributed by atoms with E-state index in [0.717, 1.165) is 18.8 Å². The Morgan fingerprint density at radius 2 is 2.46 bits per heavy atom. The second-order valence-electron chi connectivity index (χ2n) is 3.17. The zero-order valence-corrected chi connectivity index (χ0v) is 8.20. The molecule has 0 aromatic carbocycles. The molecule has 0 amide bonds. The third-order valence-corrected chi connectivity index (χ3v) is 1.71. The number of aliphatic hydroxyl groups is 1. The zero-order valence-electron chi connectivity index (χ0n) is 8.20. The van der Waals surface area contributed by atoms with Gasteiger partial charge in [0, 0.05) is 12.6 Å². The van der Waals surface area contributed by atoms with Crippen molar-refractivity contribution < 1.29 is 5.11 Å². The van der Waals surface area contributed by atoms with Crippen molar-refractivity contribution in [1.82, 2.24) is 9.78 Å². The fraction of sp³-hybridized carbons (Fsp3) is 0.667. The van der Waals surface area contributed by atoms with Crippen molar-refractivity contribution in [2.75, 3.05) is 11.9 Å². The maximum atomic E-state index is 9.19. The summed E-state index contributed by atoms with van der Waals surface area (Å²) in [5.74, 6) is 0.975. The molecule has 0 spiro atoms. The topological polar surface area (TPSA) is 50.1 Å². The highest BCUT2D eigenvalue weighted by atomic mass is 16.3. The molecule has 0 fully saturated rings. The second kappa shape index (κ2) is 4.87. The van der Waals surface area contributed by atoms with Crippen LogP contribution >= 0.6 is 0 Å². The van der Waals surface area contributed by atoms with E-state index in [1.54, 1.807) is 17.8 Å². The molecule has 1 heterocycles. The third kappa shape index (κ3) is 3.06. The third-order valence-electron chi connectivity index (χ3n) is 1.71. The van der Waals surface area contributed by atoms with Crippen LogP contribution in [0.2, 0.25) is 0 Å². The van der Waals surface area contributed by atoms with Crippen molar-refractivity contribution in [2.45, 2.75) is 32.9 Å². The van der Waals surface area contributed by atoms with Crippen LogP contribution in [0.3, 0.4) is 0 Å². The molecule has 0 bridgehead atoms. The van der Waals surface area contributed by atoms with E-state index in [1.807, 2.05) is 6.07 Å². The summed E-state index contributed by atoms with van der Waals surface area (Å²) in [4.78, 5) is 0. The first-order valence-electron chi connectivity index (χ1n) is 4.67. The van der Waals surface area contributed by atoms with E-state index in [4.69, 9.17) is 0 Å². The van der Waals surface area contributed by atoms with Crippen molar-refractivity contribution in [3.05, 3.63) is 12.3 Å². The van der Waals surface area contributed by atoms with Crippen LogP contribution in [-0.4, -0.2) is 27.5 Å². The Kier molecular flexibility index (Phi) is 3.76. The molecule has 0 aliphatic carbocycles. The van der Waals surface area contributed by atoms with Crippen LogP contribution in [0.1, 0.15) is 20.3 Å². The molecule has 2 N–H and O–H groups in total. The van der Waals surface area contributed by atoms with Crippen LogP contribution < -0.4 is 5.32 Å². The summed E-state index contributed by atoms with van der Waals surface area (Å²) in [6.45, 7) is 5.35. The fourth-order valence-corrected chi connectivity index (χ4v) is 1.13. The molecule has 0 saturated heterocycles. The standard InChI is InChI=1S/C9H17N3O/c1-3-5-10-9-4-6-11-12(9)7-8(2)13/h4,6,8,10,13H,3,5,7H2,1-2H3. The van der Waals surface area contributed by atoms with Crippen molar-refractivity contribution in [3.8, 4) is 0 Å². The number of rotatable bonds is 5. The number of aliphatic hydroxyl groups excluding tert-OH is 1. The van der Waals surface area contributed by atoms with Crippen molar-refractivity contribution >= 4 is 5.82 Å². The summed E-state index contributed by atoms with van der Waals surface area (Å²) in [5, 5.41) is 16.5. The molecule has 1 aromatic heterocycles. The minimum Gasteiger partial charge on any atom is -0.391 e. The number of nitrogens with zero attached hydrogens (tertiary/aromatic N) is 2. The van der Waals surface area contributed by atoms with E-state index in [9.17, 15) is 5.11 Å². The Balaban J connectivity index is 2.55. The quantitative estimate of drug-likeness (QED) is 0.718. The van der Waals surface area contributed by atoms with Gasteiger partial charge >= 0.3 is 0 Å². The first-order valence-corrected chi connectivity index (χ1v) is 4.67. The normalized spacial score (nSPS) is 12.8. The van der Waals surface area contributed by atoms with E-state index in [1.165, 1.54) is 0 Å². The first kappa shape index (κ1) is 10.1. The number of aromatic nitrogens is 2. The Labute approximate surface area is 78.6 Å². The summed E-state index contributed by atoms with van der Waals surface area (Å²) in [6.07, 6.45) is 2.46. The molecule has 0 aliphatic heterocycles. The van der Waals surface area contributed by atoms with Crippen molar-refractivity contribution in [1.29, 1.82) is 0 Å². The van der Waals surface area contributed by atoms with Gasteiger partial charge in [-0.05, 0) is 13.3 Å². The summed E-state index contributed by atoms with van der Waals surface area (Å²) in [7, 11) is 0. The largest absolute Gasteiger partial charge is 0.391 e. The predicted octanol–water partition coefficient (Wildman–Crippen LogP) is 1.09. The van der Waals surface area contributed by atoms with Crippen LogP contribution in [0.4, 0.5) is 5.82 Å². The van der Waals surface area contributed by atoms with Gasteiger partial charge in [0.2, 0.25) is 0 Å². The van der Waals surface area contributed by atoms with Gasteiger partial charge in [-0.2, -0.15) is 5.10 Å². The maximum absolute atomic E-state index is 9.19. The molecule has 1 rings (SSSR count). The van der Waals surface area contributed by atoms with Gasteiger partial charge in [0.15, 0.2) is 0 Å². The van der Waals surface area contributed by atoms with E-state index >= 15 is 0 Å². The monoisotopic (exact) mass is 183 g/mol. The average Bonchev–Trinajstić information content (AvgIpc) is 2.48. The van der Waals surface area contributed by atoms with Crippen molar-refractivity contribution in [3.63, 3.8) is 0 Å². The van der Waals surface area contributed by atoms with Crippen LogP contribution in [0, 0.1) is 0 Å². The molecule has 4 heteroatoms. The predicted molar refractivity (Wildman–Crippen MR) is 52.7 cm³/mol. The summed E-state index contributed by atoms with van der Waals surface area (Å²) < 4.78 is 1.78. The molecule has 4 nitrogen and oxygen atoms in total. The van der Waals surface area contributed by atoms with Gasteiger partial charge in [0.05, 0.1) is 18.8 Å². The highest BCUT2D eigenvalue weighted by Crippen LogP contribution is 2.06. The highest BCUT2D eigenvalue weighted by Gasteiger charge is 2.03. The minimum atomic E-state index is -0.359. The van der Waals surface area contributed by atoms with Crippen molar-refractivity contribution in [2.24, 2.45) is 0 Å². The molecular formula is C9H17N3O. The lowest BCUT2D eigenvalue weighted by Gasteiger charge is -2.10. The second-order valence-corrected chi connectivity index (χ2v) is 3.17. The molecule has 13 heavy (non-hydrogen) atoms. The SMILES string of the molecule is CCCNc1ccnn1CC(C)O. The molecule has 74 valence electrons.